The van der Waals surface area contributed by atoms with E-state index in [1.54, 1.807) is 0 Å². The third-order valence-corrected chi connectivity index (χ3v) is 4.52. The number of amides is 1. The van der Waals surface area contributed by atoms with E-state index in [9.17, 15) is 25.0 Å². The monoisotopic (exact) mass is 406 g/mol. The first-order chi connectivity index (χ1) is 13.4. The number of benzene rings is 2. The predicted octanol–water partition coefficient (Wildman–Crippen LogP) is 3.25. The zero-order valence-corrected chi connectivity index (χ0v) is 15.2. The second-order valence-corrected chi connectivity index (χ2v) is 6.34. The van der Waals surface area contributed by atoms with Crippen LogP contribution in [0.15, 0.2) is 36.4 Å². The summed E-state index contributed by atoms with van der Waals surface area (Å²) in [5, 5.41) is 24.7. The van der Waals surface area contributed by atoms with Gasteiger partial charge in [-0.2, -0.15) is 0 Å². The van der Waals surface area contributed by atoms with Gasteiger partial charge in [0.05, 0.1) is 34.4 Å². The predicted molar refractivity (Wildman–Crippen MR) is 102 cm³/mol. The standard InChI is InChI=1S/C17H15ClN4O6/c18-13-3-1-11(9-15(13)22(26)27)17(23)19-14-4-2-12(21(24)25)10-16(14)20-5-7-28-8-6-20/h1-4,9-10H,5-8H2,(H,19,23). The number of carbonyl (C=O) groups is 1. The molecule has 0 bridgehead atoms. The number of halogens is 1. The molecule has 10 nitrogen and oxygen atoms in total. The van der Waals surface area contributed by atoms with Crippen LogP contribution in [0, 0.1) is 20.2 Å². The third-order valence-electron chi connectivity index (χ3n) is 4.20. The van der Waals surface area contributed by atoms with Crippen molar-refractivity contribution in [3.8, 4) is 0 Å². The molecular formula is C17H15ClN4O6. The van der Waals surface area contributed by atoms with Crippen molar-refractivity contribution in [1.29, 1.82) is 0 Å². The van der Waals surface area contributed by atoms with Crippen molar-refractivity contribution in [2.75, 3.05) is 36.5 Å². The molecule has 0 aromatic heterocycles. The zero-order chi connectivity index (χ0) is 20.3. The minimum atomic E-state index is -0.676. The molecule has 0 atom stereocenters. The Hall–Kier alpha value is -3.24. The highest BCUT2D eigenvalue weighted by atomic mass is 35.5. The lowest BCUT2D eigenvalue weighted by Crippen LogP contribution is -2.36. The molecule has 0 aliphatic carbocycles. The molecule has 0 unspecified atom stereocenters. The van der Waals surface area contributed by atoms with Crippen LogP contribution in [0.2, 0.25) is 5.02 Å². The van der Waals surface area contributed by atoms with Crippen LogP contribution in [0.25, 0.3) is 0 Å². The summed E-state index contributed by atoms with van der Waals surface area (Å²) in [6, 6.07) is 7.82. The molecule has 28 heavy (non-hydrogen) atoms. The Morgan fingerprint density at radius 3 is 2.43 bits per heavy atom. The Balaban J connectivity index is 1.92. The highest BCUT2D eigenvalue weighted by Crippen LogP contribution is 2.32. The Morgan fingerprint density at radius 1 is 1.07 bits per heavy atom. The van der Waals surface area contributed by atoms with Gasteiger partial charge in [0.1, 0.15) is 5.02 Å². The number of nitrogens with zero attached hydrogens (tertiary/aromatic N) is 3. The Kier molecular flexibility index (Phi) is 5.71. The number of morpholine rings is 1. The van der Waals surface area contributed by atoms with E-state index in [1.165, 1.54) is 30.3 Å². The molecule has 1 heterocycles. The summed E-state index contributed by atoms with van der Waals surface area (Å²) in [7, 11) is 0. The molecule has 1 fully saturated rings. The molecule has 146 valence electrons. The Labute approximate surface area is 164 Å². The summed E-state index contributed by atoms with van der Waals surface area (Å²) < 4.78 is 5.30. The van der Waals surface area contributed by atoms with Crippen LogP contribution in [0.4, 0.5) is 22.7 Å². The average Bonchev–Trinajstić information content (AvgIpc) is 2.68. The van der Waals surface area contributed by atoms with Crippen LogP contribution in [-0.2, 0) is 4.74 Å². The molecular weight excluding hydrogens is 392 g/mol. The van der Waals surface area contributed by atoms with Crippen LogP contribution >= 0.6 is 11.6 Å². The van der Waals surface area contributed by atoms with Gasteiger partial charge in [0.15, 0.2) is 0 Å². The van der Waals surface area contributed by atoms with Crippen molar-refractivity contribution >= 4 is 40.3 Å². The zero-order valence-electron chi connectivity index (χ0n) is 14.5. The summed E-state index contributed by atoms with van der Waals surface area (Å²) in [4.78, 5) is 35.4. The average molecular weight is 407 g/mol. The number of ether oxygens (including phenoxy) is 1. The lowest BCUT2D eigenvalue weighted by Gasteiger charge is -2.30. The van der Waals surface area contributed by atoms with E-state index in [2.05, 4.69) is 5.32 Å². The fourth-order valence-electron chi connectivity index (χ4n) is 2.79. The Bertz CT molecular complexity index is 945. The summed E-state index contributed by atoms with van der Waals surface area (Å²) in [6.45, 7) is 1.94. The molecule has 0 spiro atoms. The second kappa shape index (κ2) is 8.19. The number of carbonyl (C=O) groups excluding carboxylic acids is 1. The van der Waals surface area contributed by atoms with Crippen LogP contribution in [-0.4, -0.2) is 42.1 Å². The van der Waals surface area contributed by atoms with Crippen molar-refractivity contribution in [2.45, 2.75) is 0 Å². The van der Waals surface area contributed by atoms with Crippen LogP contribution < -0.4 is 10.2 Å². The molecule has 2 aromatic carbocycles. The molecule has 0 saturated carbocycles. The molecule has 11 heteroatoms. The number of nitro benzene ring substituents is 2. The highest BCUT2D eigenvalue weighted by molar-refractivity contribution is 6.32. The summed E-state index contributed by atoms with van der Waals surface area (Å²) in [6.07, 6.45) is 0. The van der Waals surface area contributed by atoms with Crippen LogP contribution in [0.3, 0.4) is 0 Å². The van der Waals surface area contributed by atoms with Gasteiger partial charge >= 0.3 is 0 Å². The van der Waals surface area contributed by atoms with E-state index in [0.29, 0.717) is 37.7 Å². The fourth-order valence-corrected chi connectivity index (χ4v) is 2.98. The number of anilines is 2. The van der Waals surface area contributed by atoms with E-state index in [4.69, 9.17) is 16.3 Å². The summed E-state index contributed by atoms with van der Waals surface area (Å²) in [5.74, 6) is -0.594. The number of non-ortho nitro benzene ring substituents is 1. The second-order valence-electron chi connectivity index (χ2n) is 5.94. The van der Waals surface area contributed by atoms with Crippen molar-refractivity contribution in [3.63, 3.8) is 0 Å². The molecule has 1 saturated heterocycles. The molecule has 0 radical (unpaired) electrons. The van der Waals surface area contributed by atoms with Gasteiger partial charge in [0.25, 0.3) is 17.3 Å². The number of rotatable bonds is 5. The SMILES string of the molecule is O=C(Nc1ccc([N+](=O)[O-])cc1N1CCOCC1)c1ccc(Cl)c([N+](=O)[O-])c1. The van der Waals surface area contributed by atoms with Gasteiger partial charge < -0.3 is 15.0 Å². The maximum atomic E-state index is 12.6. The largest absolute Gasteiger partial charge is 0.378 e. The van der Waals surface area contributed by atoms with E-state index >= 15 is 0 Å². The summed E-state index contributed by atoms with van der Waals surface area (Å²) in [5.41, 5.74) is 0.389. The van der Waals surface area contributed by atoms with E-state index < -0.39 is 15.8 Å². The highest BCUT2D eigenvalue weighted by Gasteiger charge is 2.21. The van der Waals surface area contributed by atoms with Gasteiger partial charge in [0, 0.05) is 36.9 Å². The van der Waals surface area contributed by atoms with Gasteiger partial charge in [-0.3, -0.25) is 25.0 Å². The number of nitro groups is 2. The summed E-state index contributed by atoms with van der Waals surface area (Å²) >= 11 is 5.77. The number of hydrogen-bond acceptors (Lipinski definition) is 7. The van der Waals surface area contributed by atoms with Gasteiger partial charge in [0.2, 0.25) is 0 Å². The minimum Gasteiger partial charge on any atom is -0.378 e. The first-order valence-corrected chi connectivity index (χ1v) is 8.61. The van der Waals surface area contributed by atoms with E-state index in [1.807, 2.05) is 4.90 Å². The molecule has 1 aliphatic rings. The lowest BCUT2D eigenvalue weighted by atomic mass is 10.1. The molecule has 3 rings (SSSR count). The molecule has 1 aliphatic heterocycles. The van der Waals surface area contributed by atoms with E-state index in [0.717, 1.165) is 6.07 Å². The molecule has 1 N–H and O–H groups in total. The smallest absolute Gasteiger partial charge is 0.288 e. The van der Waals surface area contributed by atoms with Gasteiger partial charge in [-0.25, -0.2) is 0 Å². The molecule has 2 aromatic rings. The normalized spacial score (nSPS) is 13.8. The van der Waals surface area contributed by atoms with Crippen molar-refractivity contribution in [1.82, 2.24) is 0 Å². The fraction of sp³-hybridized carbons (Fsp3) is 0.235. The Morgan fingerprint density at radius 2 is 1.79 bits per heavy atom. The maximum Gasteiger partial charge on any atom is 0.288 e. The van der Waals surface area contributed by atoms with Gasteiger partial charge in [-0.1, -0.05) is 11.6 Å². The minimum absolute atomic E-state index is 0.0439. The van der Waals surface area contributed by atoms with Crippen LogP contribution in [0.5, 0.6) is 0 Å². The number of hydrogen-bond donors (Lipinski definition) is 1. The quantitative estimate of drug-likeness (QED) is 0.596. The van der Waals surface area contributed by atoms with Gasteiger partial charge in [-0.05, 0) is 18.2 Å². The van der Waals surface area contributed by atoms with E-state index in [-0.39, 0.29) is 22.0 Å². The maximum absolute atomic E-state index is 12.6. The van der Waals surface area contributed by atoms with Crippen molar-refractivity contribution < 1.29 is 19.4 Å². The van der Waals surface area contributed by atoms with Crippen molar-refractivity contribution in [2.24, 2.45) is 0 Å². The van der Waals surface area contributed by atoms with Crippen molar-refractivity contribution in [3.05, 3.63) is 67.2 Å². The lowest BCUT2D eigenvalue weighted by molar-refractivity contribution is -0.384. The number of nitrogens with one attached hydrogen (secondary N) is 1. The first-order valence-electron chi connectivity index (χ1n) is 8.23. The van der Waals surface area contributed by atoms with Gasteiger partial charge in [-0.15, -0.1) is 0 Å². The first kappa shape index (κ1) is 19.5. The third kappa shape index (κ3) is 4.18. The van der Waals surface area contributed by atoms with Crippen LogP contribution in [0.1, 0.15) is 10.4 Å². The topological polar surface area (TPSA) is 128 Å². The molecule has 1 amide bonds.